The standard InChI is InChI=1S/C18H24FN7/c1-3-17-25-24-12-26(17)9-8-22-18(20-2)21-7-6-13-11-23-16-10-14(19)4-5-15(13)16/h4-5,10-12,23H,3,6-9H2,1-2H3,(H2,20,21,22). The Bertz CT molecular complexity index is 881. The maximum absolute atomic E-state index is 13.3. The molecule has 0 aliphatic rings. The van der Waals surface area contributed by atoms with Crippen LogP contribution in [0.4, 0.5) is 4.39 Å². The highest BCUT2D eigenvalue weighted by molar-refractivity contribution is 5.83. The van der Waals surface area contributed by atoms with Crippen molar-refractivity contribution in [1.82, 2.24) is 30.4 Å². The lowest BCUT2D eigenvalue weighted by molar-refractivity contribution is 0.629. The van der Waals surface area contributed by atoms with Crippen LogP contribution in [0, 0.1) is 5.82 Å². The summed E-state index contributed by atoms with van der Waals surface area (Å²) in [6, 6.07) is 4.82. The van der Waals surface area contributed by atoms with Gasteiger partial charge in [0.25, 0.3) is 0 Å². The molecular formula is C18H24FN7. The number of hydrogen-bond donors (Lipinski definition) is 3. The van der Waals surface area contributed by atoms with Crippen molar-refractivity contribution in [3.05, 3.63) is 47.9 Å². The van der Waals surface area contributed by atoms with Crippen LogP contribution in [0.1, 0.15) is 18.3 Å². The largest absolute Gasteiger partial charge is 0.361 e. The highest BCUT2D eigenvalue weighted by Gasteiger charge is 2.06. The molecule has 3 aromatic rings. The van der Waals surface area contributed by atoms with Gasteiger partial charge >= 0.3 is 0 Å². The molecule has 0 aliphatic carbocycles. The van der Waals surface area contributed by atoms with Crippen molar-refractivity contribution < 1.29 is 4.39 Å². The van der Waals surface area contributed by atoms with Gasteiger partial charge in [-0.15, -0.1) is 10.2 Å². The minimum atomic E-state index is -0.229. The maximum Gasteiger partial charge on any atom is 0.191 e. The average Bonchev–Trinajstić information content (AvgIpc) is 3.26. The maximum atomic E-state index is 13.3. The number of hydrogen-bond acceptors (Lipinski definition) is 3. The van der Waals surface area contributed by atoms with Crippen LogP contribution in [0.2, 0.25) is 0 Å². The minimum Gasteiger partial charge on any atom is -0.361 e. The number of guanidine groups is 1. The second-order valence-electron chi connectivity index (χ2n) is 5.97. The number of benzene rings is 1. The Morgan fingerprint density at radius 2 is 2.15 bits per heavy atom. The number of rotatable bonds is 7. The molecule has 1 aromatic carbocycles. The van der Waals surface area contributed by atoms with Gasteiger partial charge in [0.05, 0.1) is 0 Å². The zero-order valence-electron chi connectivity index (χ0n) is 15.1. The number of aromatic nitrogens is 4. The second-order valence-corrected chi connectivity index (χ2v) is 5.97. The monoisotopic (exact) mass is 357 g/mol. The van der Waals surface area contributed by atoms with Crippen LogP contribution in [0.15, 0.2) is 35.7 Å². The number of nitrogens with zero attached hydrogens (tertiary/aromatic N) is 4. The number of halogens is 1. The highest BCUT2D eigenvalue weighted by Crippen LogP contribution is 2.19. The lowest BCUT2D eigenvalue weighted by Crippen LogP contribution is -2.39. The first-order chi connectivity index (χ1) is 12.7. The van der Waals surface area contributed by atoms with Crippen LogP contribution >= 0.6 is 0 Å². The summed E-state index contributed by atoms with van der Waals surface area (Å²) in [5.41, 5.74) is 1.98. The number of aliphatic imine (C=N–C) groups is 1. The Morgan fingerprint density at radius 1 is 1.31 bits per heavy atom. The molecule has 0 saturated heterocycles. The summed E-state index contributed by atoms with van der Waals surface area (Å²) in [6.45, 7) is 4.31. The van der Waals surface area contributed by atoms with Gasteiger partial charge in [-0.1, -0.05) is 6.92 Å². The van der Waals surface area contributed by atoms with E-state index in [1.54, 1.807) is 13.4 Å². The third kappa shape index (κ3) is 4.19. The van der Waals surface area contributed by atoms with Crippen molar-refractivity contribution in [3.63, 3.8) is 0 Å². The fourth-order valence-electron chi connectivity index (χ4n) is 2.94. The molecule has 7 nitrogen and oxygen atoms in total. The first kappa shape index (κ1) is 17.9. The molecule has 2 heterocycles. The Labute approximate surface area is 151 Å². The van der Waals surface area contributed by atoms with E-state index in [1.165, 1.54) is 12.1 Å². The molecule has 0 saturated carbocycles. The zero-order chi connectivity index (χ0) is 18.4. The van der Waals surface area contributed by atoms with E-state index in [9.17, 15) is 4.39 Å². The van der Waals surface area contributed by atoms with Crippen molar-refractivity contribution in [2.75, 3.05) is 20.1 Å². The number of H-pyrrole nitrogens is 1. The number of fused-ring (bicyclic) bond motifs is 1. The van der Waals surface area contributed by atoms with E-state index in [-0.39, 0.29) is 5.82 Å². The third-order valence-electron chi connectivity index (χ3n) is 4.30. The lowest BCUT2D eigenvalue weighted by Gasteiger charge is -2.12. The molecule has 138 valence electrons. The van der Waals surface area contributed by atoms with Crippen LogP contribution in [-0.2, 0) is 19.4 Å². The summed E-state index contributed by atoms with van der Waals surface area (Å²) in [6.07, 6.45) is 5.36. The molecule has 0 spiro atoms. The predicted molar refractivity (Wildman–Crippen MR) is 101 cm³/mol. The quantitative estimate of drug-likeness (QED) is 0.445. The van der Waals surface area contributed by atoms with Gasteiger partial charge in [-0.05, 0) is 30.2 Å². The summed E-state index contributed by atoms with van der Waals surface area (Å²) >= 11 is 0. The summed E-state index contributed by atoms with van der Waals surface area (Å²) in [5, 5.41) is 15.6. The molecule has 0 radical (unpaired) electrons. The summed E-state index contributed by atoms with van der Waals surface area (Å²) in [5.74, 6) is 1.50. The predicted octanol–water partition coefficient (Wildman–Crippen LogP) is 1.87. The van der Waals surface area contributed by atoms with Crippen LogP contribution in [0.5, 0.6) is 0 Å². The molecule has 26 heavy (non-hydrogen) atoms. The summed E-state index contributed by atoms with van der Waals surface area (Å²) in [4.78, 5) is 7.35. The van der Waals surface area contributed by atoms with E-state index in [2.05, 4.69) is 37.7 Å². The first-order valence-corrected chi connectivity index (χ1v) is 8.78. The van der Waals surface area contributed by atoms with Gasteiger partial charge in [0, 0.05) is 50.2 Å². The molecule has 0 bridgehead atoms. The van der Waals surface area contributed by atoms with Gasteiger partial charge in [-0.2, -0.15) is 0 Å². The van der Waals surface area contributed by atoms with Crippen LogP contribution in [0.3, 0.4) is 0 Å². The SMILES string of the molecule is CCc1nncn1CCNC(=NC)NCCc1c[nH]c2cc(F)ccc12. The molecule has 0 aliphatic heterocycles. The second kappa shape index (κ2) is 8.46. The van der Waals surface area contributed by atoms with Gasteiger partial charge in [0.15, 0.2) is 5.96 Å². The van der Waals surface area contributed by atoms with E-state index in [0.717, 1.165) is 60.7 Å². The molecule has 3 N–H and O–H groups in total. The summed E-state index contributed by atoms with van der Waals surface area (Å²) < 4.78 is 15.3. The molecule has 0 atom stereocenters. The Morgan fingerprint density at radius 3 is 2.96 bits per heavy atom. The molecule has 3 rings (SSSR count). The molecular weight excluding hydrogens is 333 g/mol. The fourth-order valence-corrected chi connectivity index (χ4v) is 2.94. The minimum absolute atomic E-state index is 0.229. The van der Waals surface area contributed by atoms with E-state index < -0.39 is 0 Å². The van der Waals surface area contributed by atoms with Gasteiger partial charge in [-0.3, -0.25) is 4.99 Å². The Hall–Kier alpha value is -2.90. The van der Waals surface area contributed by atoms with Crippen LogP contribution in [-0.4, -0.2) is 45.8 Å². The fraction of sp³-hybridized carbons (Fsp3) is 0.389. The molecule has 0 fully saturated rings. The Kier molecular flexibility index (Phi) is 5.83. The van der Waals surface area contributed by atoms with Gasteiger partial charge in [-0.25, -0.2) is 4.39 Å². The van der Waals surface area contributed by atoms with Crippen molar-refractivity contribution in [2.24, 2.45) is 4.99 Å². The molecule has 0 amide bonds. The normalized spacial score (nSPS) is 11.9. The van der Waals surface area contributed by atoms with Crippen molar-refractivity contribution >= 4 is 16.9 Å². The van der Waals surface area contributed by atoms with E-state index >= 15 is 0 Å². The zero-order valence-corrected chi connectivity index (χ0v) is 15.1. The smallest absolute Gasteiger partial charge is 0.191 e. The van der Waals surface area contributed by atoms with Gasteiger partial charge in [0.1, 0.15) is 18.0 Å². The van der Waals surface area contributed by atoms with E-state index in [4.69, 9.17) is 0 Å². The Balaban J connectivity index is 1.46. The van der Waals surface area contributed by atoms with Gasteiger partial charge in [0.2, 0.25) is 0 Å². The molecule has 2 aromatic heterocycles. The number of aryl methyl sites for hydroxylation is 1. The summed E-state index contributed by atoms with van der Waals surface area (Å²) in [7, 11) is 1.75. The van der Waals surface area contributed by atoms with E-state index in [1.807, 2.05) is 16.8 Å². The van der Waals surface area contributed by atoms with Crippen LogP contribution < -0.4 is 10.6 Å². The topological polar surface area (TPSA) is 82.9 Å². The van der Waals surface area contributed by atoms with Crippen molar-refractivity contribution in [2.45, 2.75) is 26.3 Å². The first-order valence-electron chi connectivity index (χ1n) is 8.78. The van der Waals surface area contributed by atoms with Crippen LogP contribution in [0.25, 0.3) is 10.9 Å². The van der Waals surface area contributed by atoms with E-state index in [0.29, 0.717) is 0 Å². The van der Waals surface area contributed by atoms with Gasteiger partial charge < -0.3 is 20.2 Å². The average molecular weight is 357 g/mol. The molecule has 0 unspecified atom stereocenters. The number of aromatic amines is 1. The lowest BCUT2D eigenvalue weighted by atomic mass is 10.1. The highest BCUT2D eigenvalue weighted by atomic mass is 19.1. The third-order valence-corrected chi connectivity index (χ3v) is 4.30. The number of nitrogens with one attached hydrogen (secondary N) is 3. The molecule has 8 heteroatoms. The van der Waals surface area contributed by atoms with Crippen molar-refractivity contribution in [3.8, 4) is 0 Å². The van der Waals surface area contributed by atoms with Crippen molar-refractivity contribution in [1.29, 1.82) is 0 Å².